The van der Waals surface area contributed by atoms with Crippen molar-refractivity contribution in [3.05, 3.63) is 30.3 Å². The molecule has 15 heavy (non-hydrogen) atoms. The average Bonchev–Trinajstić information content (AvgIpc) is 2.18. The molecule has 0 aromatic heterocycles. The van der Waals surface area contributed by atoms with E-state index in [0.29, 0.717) is 4.90 Å². The number of rotatable bonds is 4. The molecule has 0 saturated heterocycles. The number of benzene rings is 1. The summed E-state index contributed by atoms with van der Waals surface area (Å²) in [6.07, 6.45) is 0. The van der Waals surface area contributed by atoms with Gasteiger partial charge in [-0.1, -0.05) is 18.2 Å². The van der Waals surface area contributed by atoms with Gasteiger partial charge in [0.1, 0.15) is 0 Å². The van der Waals surface area contributed by atoms with E-state index in [1.165, 1.54) is 6.92 Å². The van der Waals surface area contributed by atoms with Crippen LogP contribution < -0.4 is 0 Å². The second kappa shape index (κ2) is 5.34. The van der Waals surface area contributed by atoms with Gasteiger partial charge in [-0.3, -0.25) is 4.79 Å². The summed E-state index contributed by atoms with van der Waals surface area (Å²) >= 11 is 4.30. The van der Waals surface area contributed by atoms with Crippen molar-refractivity contribution in [1.29, 1.82) is 0 Å². The molecular formula is C9H8Br2O3S. The molecule has 0 spiro atoms. The molecule has 0 heterocycles. The smallest absolute Gasteiger partial charge is 0.251 e. The molecule has 0 N–H and O–H groups in total. The monoisotopic (exact) mass is 354 g/mol. The summed E-state index contributed by atoms with van der Waals surface area (Å²) in [5.41, 5.74) is 0. The van der Waals surface area contributed by atoms with E-state index in [4.69, 9.17) is 4.18 Å². The third kappa shape index (κ3) is 3.79. The first kappa shape index (κ1) is 13.0. The normalized spacial score (nSPS) is 13.5. The number of carbonyl (C=O) groups excluding carboxylic acids is 1. The lowest BCUT2D eigenvalue weighted by Gasteiger charge is -2.15. The number of carbonyl (C=O) groups is 1. The Morgan fingerprint density at radius 3 is 2.33 bits per heavy atom. The van der Waals surface area contributed by atoms with Crippen LogP contribution in [0.15, 0.2) is 35.2 Å². The summed E-state index contributed by atoms with van der Waals surface area (Å²) in [4.78, 5) is 11.6. The molecule has 1 rings (SSSR count). The van der Waals surface area contributed by atoms with Gasteiger partial charge in [0.05, 0.1) is 4.90 Å². The van der Waals surface area contributed by atoms with Gasteiger partial charge in [0.25, 0.3) is 3.42 Å². The molecule has 1 unspecified atom stereocenters. The largest absolute Gasteiger partial charge is 0.295 e. The number of Topliss-reactive ketones (excluding diaryl/α,β-unsaturated/α-hetero) is 1. The second-order valence-electron chi connectivity index (χ2n) is 2.70. The van der Waals surface area contributed by atoms with Gasteiger partial charge in [0, 0.05) is 0 Å². The summed E-state index contributed by atoms with van der Waals surface area (Å²) in [6.45, 7) is 1.33. The highest BCUT2D eigenvalue weighted by Gasteiger charge is 2.32. The zero-order valence-corrected chi connectivity index (χ0v) is 11.8. The van der Waals surface area contributed by atoms with Crippen LogP contribution in [0.25, 0.3) is 0 Å². The van der Waals surface area contributed by atoms with Gasteiger partial charge in [-0.2, -0.15) is 0 Å². The lowest BCUT2D eigenvalue weighted by molar-refractivity contribution is -0.120. The van der Waals surface area contributed by atoms with E-state index in [1.807, 2.05) is 0 Å². The summed E-state index contributed by atoms with van der Waals surface area (Å²) in [5.74, 6) is -0.313. The van der Waals surface area contributed by atoms with Crippen LogP contribution >= 0.6 is 31.9 Å². The molecule has 1 atom stereocenters. The van der Waals surface area contributed by atoms with Crippen LogP contribution in [0.5, 0.6) is 0 Å². The summed E-state index contributed by atoms with van der Waals surface area (Å²) in [6, 6.07) is 8.61. The van der Waals surface area contributed by atoms with Gasteiger partial charge >= 0.3 is 0 Å². The van der Waals surface area contributed by atoms with Crippen LogP contribution in [0.4, 0.5) is 0 Å². The molecule has 1 aromatic rings. The highest BCUT2D eigenvalue weighted by Crippen LogP contribution is 2.31. The summed E-state index contributed by atoms with van der Waals surface area (Å²) in [7, 11) is 0. The number of ketones is 1. The predicted octanol–water partition coefficient (Wildman–Crippen LogP) is 2.76. The van der Waals surface area contributed by atoms with Crippen molar-refractivity contribution < 1.29 is 13.2 Å². The Hall–Kier alpha value is -0.0400. The lowest BCUT2D eigenvalue weighted by atomic mass is 10.4. The van der Waals surface area contributed by atoms with Gasteiger partial charge in [-0.15, -0.1) is 0 Å². The van der Waals surface area contributed by atoms with Crippen molar-refractivity contribution in [3.8, 4) is 0 Å². The SMILES string of the molecule is CC(=O)C(Br)(Br)OS(=O)c1ccccc1. The van der Waals surface area contributed by atoms with Crippen LogP contribution in [-0.4, -0.2) is 13.4 Å². The van der Waals surface area contributed by atoms with E-state index in [1.54, 1.807) is 30.3 Å². The first-order valence-electron chi connectivity index (χ1n) is 3.98. The average molecular weight is 356 g/mol. The standard InChI is InChI=1S/C9H8Br2O3S/c1-7(12)9(10,11)14-15(13)8-5-3-2-4-6-8/h2-6H,1H3. The first-order valence-corrected chi connectivity index (χ1v) is 6.65. The summed E-state index contributed by atoms with van der Waals surface area (Å²) in [5, 5.41) is 0. The lowest BCUT2D eigenvalue weighted by Crippen LogP contribution is -2.26. The molecule has 0 aliphatic heterocycles. The Morgan fingerprint density at radius 2 is 1.87 bits per heavy atom. The van der Waals surface area contributed by atoms with Crippen molar-refractivity contribution in [2.75, 3.05) is 0 Å². The predicted molar refractivity (Wildman–Crippen MR) is 65.2 cm³/mol. The number of alkyl halides is 2. The quantitative estimate of drug-likeness (QED) is 0.780. The fraction of sp³-hybridized carbons (Fsp3) is 0.222. The maximum Gasteiger partial charge on any atom is 0.251 e. The molecule has 0 radical (unpaired) electrons. The fourth-order valence-corrected chi connectivity index (χ4v) is 2.24. The molecule has 1 aromatic carbocycles. The highest BCUT2D eigenvalue weighted by atomic mass is 79.9. The second-order valence-corrected chi connectivity index (χ2v) is 7.11. The van der Waals surface area contributed by atoms with E-state index in [2.05, 4.69) is 31.9 Å². The maximum absolute atomic E-state index is 11.6. The van der Waals surface area contributed by atoms with Crippen molar-refractivity contribution in [2.24, 2.45) is 0 Å². The van der Waals surface area contributed by atoms with Crippen molar-refractivity contribution in [2.45, 2.75) is 15.2 Å². The van der Waals surface area contributed by atoms with E-state index < -0.39 is 14.5 Å². The van der Waals surface area contributed by atoms with Gasteiger partial charge in [-0.25, -0.2) is 8.39 Å². The van der Waals surface area contributed by atoms with Crippen LogP contribution in [0, 0.1) is 0 Å². The third-order valence-electron chi connectivity index (χ3n) is 1.53. The first-order chi connectivity index (χ1) is 6.93. The minimum atomic E-state index is -1.69. The van der Waals surface area contributed by atoms with E-state index in [0.717, 1.165) is 0 Å². The van der Waals surface area contributed by atoms with Gasteiger partial charge < -0.3 is 0 Å². The Balaban J connectivity index is 2.77. The minimum Gasteiger partial charge on any atom is -0.295 e. The van der Waals surface area contributed by atoms with Crippen LogP contribution in [-0.2, 0) is 20.1 Å². The molecule has 0 aliphatic rings. The van der Waals surface area contributed by atoms with E-state index in [9.17, 15) is 9.00 Å². The van der Waals surface area contributed by atoms with Crippen molar-refractivity contribution in [3.63, 3.8) is 0 Å². The van der Waals surface area contributed by atoms with E-state index >= 15 is 0 Å². The highest BCUT2D eigenvalue weighted by molar-refractivity contribution is 9.25. The molecule has 0 saturated carbocycles. The van der Waals surface area contributed by atoms with Gasteiger partial charge in [0.2, 0.25) is 0 Å². The molecule has 0 aliphatic carbocycles. The zero-order chi connectivity index (χ0) is 11.5. The fourth-order valence-electron chi connectivity index (χ4n) is 0.733. The Labute approximate surface area is 107 Å². The molecule has 6 heteroatoms. The number of hydrogen-bond acceptors (Lipinski definition) is 3. The molecular weight excluding hydrogens is 348 g/mol. The van der Waals surface area contributed by atoms with E-state index in [-0.39, 0.29) is 5.78 Å². The third-order valence-corrected chi connectivity index (χ3v) is 4.45. The van der Waals surface area contributed by atoms with Crippen molar-refractivity contribution in [1.82, 2.24) is 0 Å². The van der Waals surface area contributed by atoms with Crippen LogP contribution in [0.1, 0.15) is 6.92 Å². The van der Waals surface area contributed by atoms with Gasteiger partial charge in [-0.05, 0) is 50.9 Å². The van der Waals surface area contributed by atoms with Crippen LogP contribution in [0.3, 0.4) is 0 Å². The molecule has 0 bridgehead atoms. The maximum atomic E-state index is 11.6. The topological polar surface area (TPSA) is 43.4 Å². The van der Waals surface area contributed by atoms with Crippen molar-refractivity contribution >= 4 is 48.7 Å². The molecule has 0 amide bonds. The zero-order valence-electron chi connectivity index (χ0n) is 7.78. The molecule has 3 nitrogen and oxygen atoms in total. The van der Waals surface area contributed by atoms with Crippen LogP contribution in [0.2, 0.25) is 0 Å². The Bertz CT molecular complexity index is 378. The van der Waals surface area contributed by atoms with Gasteiger partial charge in [0.15, 0.2) is 16.9 Å². The Morgan fingerprint density at radius 1 is 1.33 bits per heavy atom. The number of hydrogen-bond donors (Lipinski definition) is 0. The summed E-state index contributed by atoms with van der Waals surface area (Å²) < 4.78 is 15.3. The minimum absolute atomic E-state index is 0.313. The number of halogens is 2. The Kier molecular flexibility index (Phi) is 4.64. The molecule has 82 valence electrons. The molecule has 0 fully saturated rings.